The first-order chi connectivity index (χ1) is 10.3. The summed E-state index contributed by atoms with van der Waals surface area (Å²) in [7, 11) is 1.85. The van der Waals surface area contributed by atoms with Crippen molar-refractivity contribution in [2.75, 3.05) is 23.8 Å². The van der Waals surface area contributed by atoms with E-state index in [1.807, 2.05) is 48.3 Å². The Bertz CT molecular complexity index is 651. The Morgan fingerprint density at radius 3 is 2.67 bits per heavy atom. The Balaban J connectivity index is 2.01. The zero-order valence-electron chi connectivity index (χ0n) is 12.3. The third-order valence-electron chi connectivity index (χ3n) is 4.03. The molecule has 0 atom stereocenters. The number of nitrogens with zero attached hydrogens (tertiary/aromatic N) is 1. The van der Waals surface area contributed by atoms with Gasteiger partial charge in [-0.3, -0.25) is 4.79 Å². The molecule has 3 heteroatoms. The number of hydrogen-bond donors (Lipinski definition) is 1. The van der Waals surface area contributed by atoms with Crippen molar-refractivity contribution >= 4 is 17.3 Å². The van der Waals surface area contributed by atoms with E-state index in [1.165, 1.54) is 5.56 Å². The van der Waals surface area contributed by atoms with Gasteiger partial charge in [-0.1, -0.05) is 30.3 Å². The van der Waals surface area contributed by atoms with Gasteiger partial charge in [0, 0.05) is 25.0 Å². The topological polar surface area (TPSA) is 32.3 Å². The molecule has 2 aromatic rings. The monoisotopic (exact) mass is 280 g/mol. The molecule has 0 unspecified atom stereocenters. The second kappa shape index (κ2) is 6.00. The lowest BCUT2D eigenvalue weighted by molar-refractivity contribution is 0.0987. The number of carbonyl (C=O) groups excluding carboxylic acids is 1. The number of amides is 1. The summed E-state index contributed by atoms with van der Waals surface area (Å²) in [6.07, 6.45) is 3.23. The van der Waals surface area contributed by atoms with Gasteiger partial charge in [-0.25, -0.2) is 0 Å². The van der Waals surface area contributed by atoms with Gasteiger partial charge < -0.3 is 10.2 Å². The zero-order chi connectivity index (χ0) is 14.7. The van der Waals surface area contributed by atoms with Crippen LogP contribution in [0.25, 0.3) is 0 Å². The fourth-order valence-corrected chi connectivity index (χ4v) is 2.94. The Kier molecular flexibility index (Phi) is 3.91. The fourth-order valence-electron chi connectivity index (χ4n) is 2.94. The fraction of sp³-hybridized carbons (Fsp3) is 0.278. The van der Waals surface area contributed by atoms with Crippen molar-refractivity contribution in [1.82, 2.24) is 0 Å². The van der Waals surface area contributed by atoms with Gasteiger partial charge in [0.05, 0.1) is 5.56 Å². The summed E-state index contributed by atoms with van der Waals surface area (Å²) in [5.41, 5.74) is 3.94. The highest BCUT2D eigenvalue weighted by molar-refractivity contribution is 6.10. The smallest absolute Gasteiger partial charge is 0.260 e. The summed E-state index contributed by atoms with van der Waals surface area (Å²) in [5, 5.41) is 3.11. The van der Waals surface area contributed by atoms with E-state index in [1.54, 1.807) is 0 Å². The third kappa shape index (κ3) is 2.64. The molecule has 1 aliphatic heterocycles. The Hall–Kier alpha value is -2.29. The Morgan fingerprint density at radius 1 is 1.05 bits per heavy atom. The van der Waals surface area contributed by atoms with Crippen molar-refractivity contribution in [2.45, 2.75) is 19.3 Å². The normalized spacial score (nSPS) is 14.2. The van der Waals surface area contributed by atoms with E-state index in [4.69, 9.17) is 0 Å². The summed E-state index contributed by atoms with van der Waals surface area (Å²) in [6.45, 7) is 0.786. The van der Waals surface area contributed by atoms with Crippen LogP contribution in [0.3, 0.4) is 0 Å². The first-order valence-electron chi connectivity index (χ1n) is 7.48. The highest BCUT2D eigenvalue weighted by Crippen LogP contribution is 2.28. The van der Waals surface area contributed by atoms with Crippen LogP contribution >= 0.6 is 0 Å². The van der Waals surface area contributed by atoms with Crippen LogP contribution in [0.2, 0.25) is 0 Å². The quantitative estimate of drug-likeness (QED) is 0.909. The molecule has 21 heavy (non-hydrogen) atoms. The molecule has 0 aliphatic carbocycles. The molecule has 108 valence electrons. The zero-order valence-corrected chi connectivity index (χ0v) is 12.3. The van der Waals surface area contributed by atoms with Crippen molar-refractivity contribution < 1.29 is 4.79 Å². The molecule has 0 saturated heterocycles. The number of carbonyl (C=O) groups is 1. The maximum absolute atomic E-state index is 13.0. The van der Waals surface area contributed by atoms with E-state index in [-0.39, 0.29) is 5.91 Å². The van der Waals surface area contributed by atoms with Crippen LogP contribution in [0.4, 0.5) is 11.4 Å². The number of aryl methyl sites for hydroxylation is 1. The number of anilines is 2. The van der Waals surface area contributed by atoms with Crippen molar-refractivity contribution in [2.24, 2.45) is 0 Å². The van der Waals surface area contributed by atoms with Crippen molar-refractivity contribution in [3.05, 3.63) is 59.7 Å². The molecule has 3 nitrogen and oxygen atoms in total. The molecule has 1 heterocycles. The molecule has 0 aromatic heterocycles. The van der Waals surface area contributed by atoms with E-state index in [0.29, 0.717) is 0 Å². The molecular weight excluding hydrogens is 260 g/mol. The number of fused-ring (bicyclic) bond motifs is 1. The van der Waals surface area contributed by atoms with Gasteiger partial charge >= 0.3 is 0 Å². The van der Waals surface area contributed by atoms with Crippen LogP contribution in [0.1, 0.15) is 28.8 Å². The van der Waals surface area contributed by atoms with Crippen LogP contribution in [0, 0.1) is 0 Å². The molecule has 3 rings (SSSR count). The van der Waals surface area contributed by atoms with Gasteiger partial charge in [0.2, 0.25) is 0 Å². The Labute approximate surface area is 125 Å². The van der Waals surface area contributed by atoms with Crippen LogP contribution in [-0.2, 0) is 6.42 Å². The van der Waals surface area contributed by atoms with Crippen molar-refractivity contribution in [3.63, 3.8) is 0 Å². The van der Waals surface area contributed by atoms with Gasteiger partial charge in [0.1, 0.15) is 0 Å². The van der Waals surface area contributed by atoms with E-state index in [0.717, 1.165) is 42.7 Å². The minimum absolute atomic E-state index is 0.0781. The summed E-state index contributed by atoms with van der Waals surface area (Å²) in [5.74, 6) is 0.0781. The van der Waals surface area contributed by atoms with Crippen molar-refractivity contribution in [1.29, 1.82) is 0 Å². The van der Waals surface area contributed by atoms with Crippen LogP contribution in [-0.4, -0.2) is 19.5 Å². The lowest BCUT2D eigenvalue weighted by Gasteiger charge is -2.24. The molecule has 0 spiro atoms. The average molecular weight is 280 g/mol. The first kappa shape index (κ1) is 13.7. The lowest BCUT2D eigenvalue weighted by Crippen LogP contribution is -2.32. The maximum Gasteiger partial charge on any atom is 0.260 e. The summed E-state index contributed by atoms with van der Waals surface area (Å²) < 4.78 is 0. The van der Waals surface area contributed by atoms with E-state index >= 15 is 0 Å². The Morgan fingerprint density at radius 2 is 1.81 bits per heavy atom. The molecule has 0 radical (unpaired) electrons. The largest absolute Gasteiger partial charge is 0.387 e. The second-order valence-electron chi connectivity index (χ2n) is 5.34. The minimum Gasteiger partial charge on any atom is -0.387 e. The molecule has 1 aliphatic rings. The van der Waals surface area contributed by atoms with Gasteiger partial charge in [-0.15, -0.1) is 0 Å². The van der Waals surface area contributed by atoms with Gasteiger partial charge in [0.25, 0.3) is 5.91 Å². The predicted molar refractivity (Wildman–Crippen MR) is 87.0 cm³/mol. The molecule has 0 fully saturated rings. The first-order valence-corrected chi connectivity index (χ1v) is 7.48. The highest BCUT2D eigenvalue weighted by Gasteiger charge is 2.23. The van der Waals surface area contributed by atoms with Crippen LogP contribution < -0.4 is 10.2 Å². The van der Waals surface area contributed by atoms with Crippen LogP contribution in [0.15, 0.2) is 48.5 Å². The third-order valence-corrected chi connectivity index (χ3v) is 4.03. The average Bonchev–Trinajstić information content (AvgIpc) is 2.76. The molecule has 1 amide bonds. The number of rotatable bonds is 2. The van der Waals surface area contributed by atoms with Gasteiger partial charge in [0.15, 0.2) is 0 Å². The summed E-state index contributed by atoms with van der Waals surface area (Å²) in [4.78, 5) is 14.9. The molecule has 0 saturated carbocycles. The van der Waals surface area contributed by atoms with E-state index < -0.39 is 0 Å². The van der Waals surface area contributed by atoms with E-state index in [9.17, 15) is 4.79 Å². The maximum atomic E-state index is 13.0. The van der Waals surface area contributed by atoms with Crippen LogP contribution in [0.5, 0.6) is 0 Å². The van der Waals surface area contributed by atoms with Gasteiger partial charge in [-0.05, 0) is 43.0 Å². The second-order valence-corrected chi connectivity index (χ2v) is 5.34. The molecule has 0 bridgehead atoms. The SMILES string of the molecule is CNc1ccccc1C(=O)N1CCCCc2ccccc21. The lowest BCUT2D eigenvalue weighted by atomic mass is 10.1. The summed E-state index contributed by atoms with van der Waals surface area (Å²) >= 11 is 0. The summed E-state index contributed by atoms with van der Waals surface area (Å²) in [6, 6.07) is 15.9. The number of hydrogen-bond acceptors (Lipinski definition) is 2. The standard InChI is InChI=1S/C18H20N2O/c1-19-16-11-4-3-10-15(16)18(21)20-13-7-6-9-14-8-2-5-12-17(14)20/h2-5,8,10-12,19H,6-7,9,13H2,1H3. The number of benzene rings is 2. The minimum atomic E-state index is 0.0781. The predicted octanol–water partition coefficient (Wildman–Crippen LogP) is 3.71. The molecule has 1 N–H and O–H groups in total. The molecular formula is C18H20N2O. The van der Waals surface area contributed by atoms with Gasteiger partial charge in [-0.2, -0.15) is 0 Å². The number of para-hydroxylation sites is 2. The molecule has 2 aromatic carbocycles. The van der Waals surface area contributed by atoms with E-state index in [2.05, 4.69) is 17.4 Å². The number of nitrogens with one attached hydrogen (secondary N) is 1. The van der Waals surface area contributed by atoms with Crippen molar-refractivity contribution in [3.8, 4) is 0 Å². The highest BCUT2D eigenvalue weighted by atomic mass is 16.2.